The number of aryl methyl sites for hydroxylation is 3. The van der Waals surface area contributed by atoms with E-state index in [1.165, 1.54) is 11.3 Å². The van der Waals surface area contributed by atoms with Crippen LogP contribution in [0.3, 0.4) is 0 Å². The number of ether oxygens (including phenoxy) is 1. The lowest BCUT2D eigenvalue weighted by molar-refractivity contribution is 0.0634. The van der Waals surface area contributed by atoms with E-state index in [1.54, 1.807) is 0 Å². The van der Waals surface area contributed by atoms with Gasteiger partial charge in [0.25, 0.3) is 0 Å². The van der Waals surface area contributed by atoms with E-state index in [2.05, 4.69) is 23.8 Å². The SMILES string of the molecule is Cc1ccccc1OC[C@H](O)CN1CCC[C@@H]1c1c(C)nn(C)c1C. The molecule has 5 nitrogen and oxygen atoms in total. The topological polar surface area (TPSA) is 50.5 Å². The fourth-order valence-corrected chi connectivity index (χ4v) is 3.87. The summed E-state index contributed by atoms with van der Waals surface area (Å²) in [5.41, 5.74) is 4.74. The summed E-state index contributed by atoms with van der Waals surface area (Å²) in [5.74, 6) is 0.846. The van der Waals surface area contributed by atoms with Crippen LogP contribution in [0.25, 0.3) is 0 Å². The highest BCUT2D eigenvalue weighted by Crippen LogP contribution is 2.35. The molecule has 0 radical (unpaired) electrons. The zero-order valence-corrected chi connectivity index (χ0v) is 15.7. The quantitative estimate of drug-likeness (QED) is 0.876. The minimum absolute atomic E-state index is 0.319. The number of nitrogens with zero attached hydrogens (tertiary/aromatic N) is 3. The summed E-state index contributed by atoms with van der Waals surface area (Å²) in [7, 11) is 2.00. The molecule has 25 heavy (non-hydrogen) atoms. The van der Waals surface area contributed by atoms with Gasteiger partial charge in [0.05, 0.1) is 5.69 Å². The molecule has 1 N–H and O–H groups in total. The van der Waals surface area contributed by atoms with Gasteiger partial charge in [0.2, 0.25) is 0 Å². The summed E-state index contributed by atoms with van der Waals surface area (Å²) >= 11 is 0. The molecule has 2 aromatic rings. The number of β-amino-alcohol motifs (C(OH)–C–C–N with tert-alkyl or cyclic N) is 1. The second kappa shape index (κ2) is 7.58. The van der Waals surface area contributed by atoms with Crippen LogP contribution in [0.15, 0.2) is 24.3 Å². The summed E-state index contributed by atoms with van der Waals surface area (Å²) in [6, 6.07) is 8.27. The van der Waals surface area contributed by atoms with Crippen molar-refractivity contribution in [3.05, 3.63) is 46.8 Å². The van der Waals surface area contributed by atoms with Crippen molar-refractivity contribution in [1.82, 2.24) is 14.7 Å². The Balaban J connectivity index is 1.62. The Hall–Kier alpha value is -1.85. The number of likely N-dealkylation sites (tertiary alicyclic amines) is 1. The third kappa shape index (κ3) is 3.88. The van der Waals surface area contributed by atoms with Crippen LogP contribution in [0, 0.1) is 20.8 Å². The van der Waals surface area contributed by atoms with E-state index >= 15 is 0 Å². The molecule has 0 bridgehead atoms. The van der Waals surface area contributed by atoms with E-state index in [1.807, 2.05) is 42.9 Å². The molecule has 136 valence electrons. The van der Waals surface area contributed by atoms with Crippen LogP contribution in [-0.4, -0.2) is 45.6 Å². The predicted octanol–water partition coefficient (Wildman–Crippen LogP) is 2.92. The summed E-state index contributed by atoms with van der Waals surface area (Å²) in [4.78, 5) is 2.38. The maximum Gasteiger partial charge on any atom is 0.122 e. The zero-order valence-electron chi connectivity index (χ0n) is 15.7. The van der Waals surface area contributed by atoms with E-state index < -0.39 is 6.10 Å². The Morgan fingerprint density at radius 1 is 1.28 bits per heavy atom. The molecule has 1 aromatic heterocycles. The lowest BCUT2D eigenvalue weighted by Crippen LogP contribution is -2.35. The van der Waals surface area contributed by atoms with Crippen LogP contribution >= 0.6 is 0 Å². The second-order valence-electron chi connectivity index (χ2n) is 7.09. The first-order valence-electron chi connectivity index (χ1n) is 9.08. The molecule has 0 amide bonds. The third-order valence-electron chi connectivity index (χ3n) is 5.23. The van der Waals surface area contributed by atoms with Crippen molar-refractivity contribution in [2.45, 2.75) is 45.8 Å². The molecule has 5 heteroatoms. The van der Waals surface area contributed by atoms with Crippen molar-refractivity contribution in [2.24, 2.45) is 7.05 Å². The van der Waals surface area contributed by atoms with E-state index in [-0.39, 0.29) is 0 Å². The molecule has 1 saturated heterocycles. The number of benzene rings is 1. The number of rotatable bonds is 6. The van der Waals surface area contributed by atoms with Crippen LogP contribution in [-0.2, 0) is 7.05 Å². The maximum absolute atomic E-state index is 10.5. The van der Waals surface area contributed by atoms with Crippen LogP contribution in [0.1, 0.15) is 41.4 Å². The van der Waals surface area contributed by atoms with Gasteiger partial charge in [-0.15, -0.1) is 0 Å². The first kappa shape index (κ1) is 18.0. The largest absolute Gasteiger partial charge is 0.491 e. The van der Waals surface area contributed by atoms with Crippen molar-refractivity contribution in [3.63, 3.8) is 0 Å². The lowest BCUT2D eigenvalue weighted by Gasteiger charge is -2.27. The Labute approximate surface area is 150 Å². The molecular weight excluding hydrogens is 314 g/mol. The fraction of sp³-hybridized carbons (Fsp3) is 0.550. The van der Waals surface area contributed by atoms with Crippen molar-refractivity contribution in [3.8, 4) is 5.75 Å². The highest BCUT2D eigenvalue weighted by Gasteiger charge is 2.31. The fourth-order valence-electron chi connectivity index (χ4n) is 3.87. The number of aliphatic hydroxyl groups excluding tert-OH is 1. The maximum atomic E-state index is 10.5. The molecule has 0 saturated carbocycles. The first-order valence-corrected chi connectivity index (χ1v) is 9.08. The van der Waals surface area contributed by atoms with Gasteiger partial charge >= 0.3 is 0 Å². The highest BCUT2D eigenvalue weighted by molar-refractivity contribution is 5.32. The van der Waals surface area contributed by atoms with Gasteiger partial charge in [0.1, 0.15) is 18.5 Å². The molecule has 1 aliphatic heterocycles. The second-order valence-corrected chi connectivity index (χ2v) is 7.09. The molecule has 2 atom stereocenters. The molecule has 0 unspecified atom stereocenters. The van der Waals surface area contributed by atoms with Gasteiger partial charge in [0, 0.05) is 30.9 Å². The number of aliphatic hydroxyl groups is 1. The third-order valence-corrected chi connectivity index (χ3v) is 5.23. The summed E-state index contributed by atoms with van der Waals surface area (Å²) < 4.78 is 7.77. The summed E-state index contributed by atoms with van der Waals surface area (Å²) in [5, 5.41) is 15.0. The van der Waals surface area contributed by atoms with Crippen molar-refractivity contribution in [2.75, 3.05) is 19.7 Å². The van der Waals surface area contributed by atoms with Gasteiger partial charge < -0.3 is 9.84 Å². The highest BCUT2D eigenvalue weighted by atomic mass is 16.5. The van der Waals surface area contributed by atoms with Crippen LogP contribution < -0.4 is 4.74 Å². The van der Waals surface area contributed by atoms with E-state index in [0.29, 0.717) is 19.2 Å². The van der Waals surface area contributed by atoms with E-state index in [4.69, 9.17) is 4.74 Å². The number of hydrogen-bond acceptors (Lipinski definition) is 4. The van der Waals surface area contributed by atoms with Gasteiger partial charge in [-0.3, -0.25) is 9.58 Å². The average Bonchev–Trinajstić information content (AvgIpc) is 3.11. The van der Waals surface area contributed by atoms with Crippen molar-refractivity contribution >= 4 is 0 Å². The summed E-state index contributed by atoms with van der Waals surface area (Å²) in [6.45, 7) is 8.19. The Morgan fingerprint density at radius 3 is 2.72 bits per heavy atom. The normalized spacial score (nSPS) is 19.3. The molecule has 1 fully saturated rings. The monoisotopic (exact) mass is 343 g/mol. The minimum Gasteiger partial charge on any atom is -0.491 e. The van der Waals surface area contributed by atoms with Gasteiger partial charge in [0.15, 0.2) is 0 Å². The minimum atomic E-state index is -0.502. The number of hydrogen-bond donors (Lipinski definition) is 1. The lowest BCUT2D eigenvalue weighted by atomic mass is 10.0. The molecule has 0 spiro atoms. The van der Waals surface area contributed by atoms with E-state index in [9.17, 15) is 5.11 Å². The van der Waals surface area contributed by atoms with Crippen LogP contribution in [0.2, 0.25) is 0 Å². The zero-order chi connectivity index (χ0) is 18.0. The molecular formula is C20H29N3O2. The van der Waals surface area contributed by atoms with E-state index in [0.717, 1.165) is 36.4 Å². The molecule has 1 aromatic carbocycles. The summed E-state index contributed by atoms with van der Waals surface area (Å²) in [6.07, 6.45) is 1.78. The Bertz CT molecular complexity index is 726. The van der Waals surface area contributed by atoms with Gasteiger partial charge in [-0.1, -0.05) is 18.2 Å². The molecule has 2 heterocycles. The predicted molar refractivity (Wildman–Crippen MR) is 98.9 cm³/mol. The Morgan fingerprint density at radius 2 is 2.04 bits per heavy atom. The smallest absolute Gasteiger partial charge is 0.122 e. The van der Waals surface area contributed by atoms with Crippen molar-refractivity contribution < 1.29 is 9.84 Å². The number of para-hydroxylation sites is 1. The molecule has 0 aliphatic carbocycles. The molecule has 3 rings (SSSR count). The van der Waals surface area contributed by atoms with Gasteiger partial charge in [-0.25, -0.2) is 0 Å². The van der Waals surface area contributed by atoms with Crippen molar-refractivity contribution in [1.29, 1.82) is 0 Å². The van der Waals surface area contributed by atoms with Crippen LogP contribution in [0.4, 0.5) is 0 Å². The standard InChI is InChI=1S/C20H29N3O2/c1-14-8-5-6-10-19(14)25-13-17(24)12-23-11-7-9-18(23)20-15(2)21-22(4)16(20)3/h5-6,8,10,17-18,24H,7,9,11-13H2,1-4H3/t17-,18-/m1/s1. The Kier molecular flexibility index (Phi) is 5.45. The number of aromatic nitrogens is 2. The average molecular weight is 343 g/mol. The van der Waals surface area contributed by atoms with Gasteiger partial charge in [-0.2, -0.15) is 5.10 Å². The first-order chi connectivity index (χ1) is 12.0. The van der Waals surface area contributed by atoms with Crippen LogP contribution in [0.5, 0.6) is 5.75 Å². The van der Waals surface area contributed by atoms with Gasteiger partial charge in [-0.05, 0) is 51.8 Å². The molecule has 1 aliphatic rings.